The van der Waals surface area contributed by atoms with Gasteiger partial charge in [0.05, 0.1) is 11.8 Å². The summed E-state index contributed by atoms with van der Waals surface area (Å²) in [5.74, 6) is -3.56. The first-order valence-electron chi connectivity index (χ1n) is 6.84. The number of hydrogen-bond acceptors (Lipinski definition) is 2. The van der Waals surface area contributed by atoms with Crippen molar-refractivity contribution in [2.24, 2.45) is 11.8 Å². The largest absolute Gasteiger partial charge is 0.392 e. The van der Waals surface area contributed by atoms with E-state index in [0.29, 0.717) is 19.2 Å². The van der Waals surface area contributed by atoms with E-state index >= 15 is 0 Å². The van der Waals surface area contributed by atoms with Crippen LogP contribution in [0.2, 0.25) is 0 Å². The van der Waals surface area contributed by atoms with Crippen molar-refractivity contribution in [2.45, 2.75) is 18.9 Å². The number of hydrogen-bond donors (Lipinski definition) is 2. The molecule has 1 aliphatic heterocycles. The van der Waals surface area contributed by atoms with E-state index in [1.807, 2.05) is 0 Å². The van der Waals surface area contributed by atoms with Crippen molar-refractivity contribution in [1.29, 1.82) is 0 Å². The van der Waals surface area contributed by atoms with E-state index in [1.54, 1.807) is 0 Å². The van der Waals surface area contributed by atoms with E-state index in [4.69, 9.17) is 0 Å². The summed E-state index contributed by atoms with van der Waals surface area (Å²) < 4.78 is 39.7. The number of piperidine rings is 1. The molecule has 0 spiro atoms. The Morgan fingerprint density at radius 2 is 1.81 bits per heavy atom. The van der Waals surface area contributed by atoms with E-state index in [1.165, 1.54) is 4.90 Å². The van der Waals surface area contributed by atoms with Crippen molar-refractivity contribution >= 4 is 11.7 Å². The Labute approximate surface area is 119 Å². The molecule has 0 radical (unpaired) electrons. The van der Waals surface area contributed by atoms with Gasteiger partial charge >= 0.3 is 6.03 Å². The molecule has 2 bridgehead atoms. The van der Waals surface area contributed by atoms with Crippen LogP contribution < -0.4 is 5.32 Å². The van der Waals surface area contributed by atoms with Crippen LogP contribution in [-0.2, 0) is 0 Å². The van der Waals surface area contributed by atoms with Crippen LogP contribution in [0.15, 0.2) is 12.1 Å². The summed E-state index contributed by atoms with van der Waals surface area (Å²) in [5, 5.41) is 12.1. The molecular formula is C14H15F3N2O2. The minimum absolute atomic E-state index is 0.0172. The van der Waals surface area contributed by atoms with Gasteiger partial charge in [0.2, 0.25) is 0 Å². The van der Waals surface area contributed by atoms with Gasteiger partial charge < -0.3 is 15.3 Å². The van der Waals surface area contributed by atoms with E-state index in [9.17, 15) is 23.1 Å². The average molecular weight is 300 g/mol. The number of carbonyl (C=O) groups excluding carboxylic acids is 1. The Bertz CT molecular complexity index is 568. The number of nitrogens with zero attached hydrogens (tertiary/aromatic N) is 1. The predicted molar refractivity (Wildman–Crippen MR) is 69.1 cm³/mol. The molecule has 114 valence electrons. The zero-order valence-corrected chi connectivity index (χ0v) is 11.2. The van der Waals surface area contributed by atoms with Gasteiger partial charge in [0.25, 0.3) is 0 Å². The highest BCUT2D eigenvalue weighted by molar-refractivity contribution is 5.89. The second-order valence-corrected chi connectivity index (χ2v) is 5.67. The molecule has 4 nitrogen and oxygen atoms in total. The molecule has 2 fully saturated rings. The number of aliphatic hydroxyl groups is 1. The van der Waals surface area contributed by atoms with E-state index < -0.39 is 35.3 Å². The Balaban J connectivity index is 1.73. The third-order valence-corrected chi connectivity index (χ3v) is 4.31. The number of urea groups is 1. The van der Waals surface area contributed by atoms with Crippen LogP contribution in [0.5, 0.6) is 0 Å². The van der Waals surface area contributed by atoms with Gasteiger partial charge in [-0.25, -0.2) is 18.0 Å². The minimum Gasteiger partial charge on any atom is -0.392 e. The summed E-state index contributed by atoms with van der Waals surface area (Å²) in [7, 11) is 0. The fraction of sp³-hybridized carbons (Fsp3) is 0.500. The lowest BCUT2D eigenvalue weighted by Crippen LogP contribution is -2.48. The van der Waals surface area contributed by atoms with Crippen LogP contribution in [0, 0.1) is 29.3 Å². The molecule has 1 saturated carbocycles. The number of rotatable bonds is 1. The van der Waals surface area contributed by atoms with Gasteiger partial charge in [-0.05, 0) is 12.8 Å². The standard InChI is InChI=1S/C14H15F3N2O2/c15-9-3-10(16)12(17)11(4-9)18-14(21)19-5-7-1-2-8(6-19)13(7)20/h3-4,7-8,13,20H,1-2,5-6H2,(H,18,21)/t7-,8+,13?. The van der Waals surface area contributed by atoms with Crippen molar-refractivity contribution in [3.05, 3.63) is 29.6 Å². The predicted octanol–water partition coefficient (Wildman–Crippen LogP) is 2.34. The number of halogens is 3. The van der Waals surface area contributed by atoms with E-state index in [0.717, 1.165) is 18.9 Å². The Hall–Kier alpha value is -1.76. The maximum Gasteiger partial charge on any atom is 0.321 e. The molecule has 2 amide bonds. The smallest absolute Gasteiger partial charge is 0.321 e. The minimum atomic E-state index is -1.35. The van der Waals surface area contributed by atoms with Gasteiger partial charge in [0.1, 0.15) is 5.82 Å². The lowest BCUT2D eigenvalue weighted by molar-refractivity contribution is 0.0326. The summed E-state index contributed by atoms with van der Waals surface area (Å²) in [4.78, 5) is 13.5. The van der Waals surface area contributed by atoms with Crippen molar-refractivity contribution in [2.75, 3.05) is 18.4 Å². The highest BCUT2D eigenvalue weighted by Gasteiger charge is 2.42. The molecule has 2 N–H and O–H groups in total. The Kier molecular flexibility index (Phi) is 3.52. The van der Waals surface area contributed by atoms with E-state index in [-0.39, 0.29) is 11.8 Å². The molecule has 1 heterocycles. The summed E-state index contributed by atoms with van der Waals surface area (Å²) >= 11 is 0. The second-order valence-electron chi connectivity index (χ2n) is 5.67. The molecule has 1 saturated heterocycles. The molecule has 21 heavy (non-hydrogen) atoms. The van der Waals surface area contributed by atoms with Crippen LogP contribution in [0.4, 0.5) is 23.7 Å². The molecular weight excluding hydrogens is 285 g/mol. The molecule has 1 aromatic rings. The van der Waals surface area contributed by atoms with Crippen LogP contribution in [0.3, 0.4) is 0 Å². The molecule has 0 aromatic heterocycles. The van der Waals surface area contributed by atoms with Gasteiger partial charge in [0, 0.05) is 37.1 Å². The highest BCUT2D eigenvalue weighted by Crippen LogP contribution is 2.37. The summed E-state index contributed by atoms with van der Waals surface area (Å²) in [6.07, 6.45) is 1.29. The number of likely N-dealkylation sites (tertiary alicyclic amines) is 1. The van der Waals surface area contributed by atoms with Crippen molar-refractivity contribution in [3.8, 4) is 0 Å². The Morgan fingerprint density at radius 1 is 1.19 bits per heavy atom. The summed E-state index contributed by atoms with van der Waals surface area (Å²) in [6.45, 7) is 0.728. The molecule has 3 rings (SSSR count). The number of carbonyl (C=O) groups is 1. The normalized spacial score (nSPS) is 27.8. The van der Waals surface area contributed by atoms with Gasteiger partial charge in [-0.15, -0.1) is 0 Å². The van der Waals surface area contributed by atoms with Crippen LogP contribution in [0.1, 0.15) is 12.8 Å². The maximum absolute atomic E-state index is 13.5. The number of benzene rings is 1. The van der Waals surface area contributed by atoms with Crippen molar-refractivity contribution in [3.63, 3.8) is 0 Å². The average Bonchev–Trinajstić information content (AvgIpc) is 2.65. The second kappa shape index (κ2) is 5.22. The lowest BCUT2D eigenvalue weighted by atomic mass is 9.95. The van der Waals surface area contributed by atoms with Crippen LogP contribution in [0.25, 0.3) is 0 Å². The fourth-order valence-electron chi connectivity index (χ4n) is 3.20. The zero-order chi connectivity index (χ0) is 15.1. The first-order chi connectivity index (χ1) is 9.95. The topological polar surface area (TPSA) is 52.6 Å². The quantitative estimate of drug-likeness (QED) is 0.782. The number of nitrogens with one attached hydrogen (secondary N) is 1. The van der Waals surface area contributed by atoms with Gasteiger partial charge in [-0.2, -0.15) is 0 Å². The van der Waals surface area contributed by atoms with Gasteiger partial charge in [-0.1, -0.05) is 0 Å². The first-order valence-corrected chi connectivity index (χ1v) is 6.84. The first kappa shape index (κ1) is 14.2. The Morgan fingerprint density at radius 3 is 2.43 bits per heavy atom. The van der Waals surface area contributed by atoms with Gasteiger partial charge in [-0.3, -0.25) is 0 Å². The number of fused-ring (bicyclic) bond motifs is 2. The number of aliphatic hydroxyl groups excluding tert-OH is 1. The number of amides is 2. The van der Waals surface area contributed by atoms with E-state index in [2.05, 4.69) is 5.32 Å². The summed E-state index contributed by atoms with van der Waals surface area (Å²) in [5.41, 5.74) is -0.518. The third-order valence-electron chi connectivity index (χ3n) is 4.31. The van der Waals surface area contributed by atoms with Crippen molar-refractivity contribution in [1.82, 2.24) is 4.90 Å². The molecule has 7 heteroatoms. The summed E-state index contributed by atoms with van der Waals surface area (Å²) in [6, 6.07) is 0.550. The van der Waals surface area contributed by atoms with Crippen LogP contribution >= 0.6 is 0 Å². The monoisotopic (exact) mass is 300 g/mol. The molecule has 1 aromatic carbocycles. The van der Waals surface area contributed by atoms with Crippen LogP contribution in [-0.4, -0.2) is 35.2 Å². The lowest BCUT2D eigenvalue weighted by Gasteiger charge is -2.35. The number of anilines is 1. The highest BCUT2D eigenvalue weighted by atomic mass is 19.2. The molecule has 1 unspecified atom stereocenters. The SMILES string of the molecule is O=C(Nc1cc(F)cc(F)c1F)N1C[C@H]2CC[C@@H](C1)C2O. The molecule has 3 atom stereocenters. The molecule has 1 aliphatic carbocycles. The molecule has 2 aliphatic rings. The fourth-order valence-corrected chi connectivity index (χ4v) is 3.20. The van der Waals surface area contributed by atoms with Crippen molar-refractivity contribution < 1.29 is 23.1 Å². The zero-order valence-electron chi connectivity index (χ0n) is 11.2. The third kappa shape index (κ3) is 2.57. The maximum atomic E-state index is 13.5. The van der Waals surface area contributed by atoms with Gasteiger partial charge in [0.15, 0.2) is 11.6 Å².